The van der Waals surface area contributed by atoms with E-state index in [0.29, 0.717) is 24.0 Å². The van der Waals surface area contributed by atoms with Crippen LogP contribution in [0.25, 0.3) is 14.5 Å². The number of allylic oxidation sites excluding steroid dienone is 12. The highest BCUT2D eigenvalue weighted by atomic mass is 16.5. The van der Waals surface area contributed by atoms with E-state index in [1.165, 1.54) is 18.4 Å². The summed E-state index contributed by atoms with van der Waals surface area (Å²) in [4.78, 5) is 137. The first-order valence-electron chi connectivity index (χ1n) is 57.1. The second-order valence-electron chi connectivity index (χ2n) is 60.7. The Morgan fingerprint density at radius 2 is 0.791 bits per heavy atom. The van der Waals surface area contributed by atoms with Crippen LogP contribution in [0, 0.1) is 200 Å². The highest BCUT2D eigenvalue weighted by molar-refractivity contribution is 6.05. The Morgan fingerprint density at radius 1 is 0.426 bits per heavy atom. The van der Waals surface area contributed by atoms with E-state index in [-0.39, 0.29) is 199 Å². The minimum Gasteiger partial charge on any atom is -0.445 e. The number of benzene rings is 1. The average Bonchev–Trinajstić information content (AvgIpc) is 0.829. The molecule has 19 nitrogen and oxygen atoms in total. The number of carbonyl (C=O) groups excluding carboxylic acids is 9. The normalized spacial score (nSPS) is 46.1. The molecule has 798 valence electrons. The number of isocyanates is 1. The van der Waals surface area contributed by atoms with Crippen LogP contribution in [0.15, 0.2) is 116 Å². The van der Waals surface area contributed by atoms with E-state index >= 15 is 0 Å². The molecule has 19 heteroatoms. The standard InChI is InChI=1S/C38H48N2O4.C31H40N2O3.C30H45NO3.C30H41NO3/c1-33(2)16-18-38(40-32(43)44-23-24-12-10-9-11-13-24)19-17-37(7)30(25(38)21-33)27(41)20-29-35(5)22-26(39-8)31(42)34(3,4)28(35)14-15-36(29,37)6;1-26(2)11-13-31(33-18-34)14-12-30(7)24(19(31)16-26)21(35)15-23-28(5)17-20(32-8)25(36)27(3,4)22(28)9-10-29(23,30)6;1-25(2)10-12-30(33)13-11-29(7)23(19(30)16-25)20(32)14-22-27(5)15-18-17-31-34-24(18)26(3,4)21(27)8-9-28(22,29)6;1-25(2)11-13-30(34)14-12-29(7)23(18(30)16-25)20(32)15-22-27(5)17-19(31-8)24(33)26(3,4)21(27)9-10-28(22,29)6/h9-13,20,22,25,28,30H,14-19,21,23H2,1-7H3,(H,40,43);15,17,19,22,24H,9-14,16H2,1-7H3;17,19,21-23,33H,8-16H2,1-7H3;15,17-18,21,23,34H,9-14,16H2,1-7H3/t25-,28-,30-,35-,36+,37+,38-;19-,22-,24-,28-,29+,30+,31-;19-,21-,22+,23-,27-,28+,29+,30-;18-,21-,23-,27-,28+,29+,30-/m0000/s1. The summed E-state index contributed by atoms with van der Waals surface area (Å²) in [5, 5.41) is 31.1. The molecule has 1 heterocycles. The van der Waals surface area contributed by atoms with Crippen molar-refractivity contribution in [2.45, 2.75) is 421 Å². The van der Waals surface area contributed by atoms with Crippen molar-refractivity contribution < 1.29 is 62.6 Å². The largest absolute Gasteiger partial charge is 0.445 e. The molecule has 22 rings (SSSR count). The molecule has 148 heavy (non-hydrogen) atoms. The van der Waals surface area contributed by atoms with Crippen molar-refractivity contribution in [3.05, 3.63) is 158 Å². The molecular weight excluding hydrogens is 1840 g/mol. The maximum Gasteiger partial charge on any atom is 0.407 e. The van der Waals surface area contributed by atoms with Crippen LogP contribution in [-0.2, 0) is 61.5 Å². The summed E-state index contributed by atoms with van der Waals surface area (Å²) in [7, 11) is 0. The summed E-state index contributed by atoms with van der Waals surface area (Å²) in [6, 6.07) is 9.71. The molecular formula is C129H174N6O13. The van der Waals surface area contributed by atoms with Crippen LogP contribution in [0.1, 0.15) is 397 Å². The van der Waals surface area contributed by atoms with Crippen molar-refractivity contribution in [1.82, 2.24) is 10.5 Å². The molecule has 1 amide bonds. The molecule has 29 atom stereocenters. The molecule has 0 saturated heterocycles. The van der Waals surface area contributed by atoms with Crippen molar-refractivity contribution >= 4 is 52.7 Å². The number of rotatable bonds is 4. The lowest BCUT2D eigenvalue weighted by molar-refractivity contribution is -0.241. The zero-order valence-corrected chi connectivity index (χ0v) is 95.0. The number of carbonyl (C=O) groups is 8. The highest BCUT2D eigenvalue weighted by Crippen LogP contribution is 2.81. The number of nitrogens with zero attached hydrogens (tertiary/aromatic N) is 5. The third-order valence-electron chi connectivity index (χ3n) is 50.2. The van der Waals surface area contributed by atoms with Gasteiger partial charge in [-0.05, 0) is 334 Å². The summed E-state index contributed by atoms with van der Waals surface area (Å²) >= 11 is 0. The minimum atomic E-state index is -0.741. The van der Waals surface area contributed by atoms with Gasteiger partial charge >= 0.3 is 6.09 Å². The number of aromatic nitrogens is 1. The quantitative estimate of drug-likeness (QED) is 0.146. The molecule has 0 unspecified atom stereocenters. The summed E-state index contributed by atoms with van der Waals surface area (Å²) in [6.45, 7) is 86.2. The van der Waals surface area contributed by atoms with Gasteiger partial charge in [-0.15, -0.1) is 0 Å². The first kappa shape index (κ1) is 108. The van der Waals surface area contributed by atoms with E-state index in [1.54, 1.807) is 0 Å². The van der Waals surface area contributed by atoms with Crippen molar-refractivity contribution in [3.8, 4) is 0 Å². The molecule has 0 radical (unpaired) electrons. The van der Waals surface area contributed by atoms with Crippen molar-refractivity contribution in [3.63, 3.8) is 0 Å². The summed E-state index contributed by atoms with van der Waals surface area (Å²) in [6.07, 6.45) is 41.9. The van der Waals surface area contributed by atoms with Crippen LogP contribution in [-0.4, -0.2) is 90.3 Å². The Balaban J connectivity index is 0.000000125. The Morgan fingerprint density at radius 3 is 1.24 bits per heavy atom. The lowest BCUT2D eigenvalue weighted by atomic mass is 9.32. The van der Waals surface area contributed by atoms with Crippen molar-refractivity contribution in [1.29, 1.82) is 0 Å². The van der Waals surface area contributed by atoms with E-state index in [9.17, 15) is 53.4 Å². The Kier molecular flexibility index (Phi) is 24.8. The topological polar surface area (TPSA) is 267 Å². The fourth-order valence-corrected chi connectivity index (χ4v) is 41.2. The van der Waals surface area contributed by atoms with Crippen molar-refractivity contribution in [2.75, 3.05) is 0 Å². The summed E-state index contributed by atoms with van der Waals surface area (Å²) in [5.41, 5.74) is -0.786. The molecule has 1 aromatic heterocycles. The molecule has 2 aromatic rings. The van der Waals surface area contributed by atoms with E-state index < -0.39 is 60.9 Å². The summed E-state index contributed by atoms with van der Waals surface area (Å²) < 4.78 is 11.5. The number of fused-ring (bicyclic) bond motifs is 29. The Hall–Kier alpha value is -8.40. The molecule has 3 N–H and O–H groups in total. The highest BCUT2D eigenvalue weighted by Gasteiger charge is 2.78. The van der Waals surface area contributed by atoms with Gasteiger partial charge in [0.1, 0.15) is 18.2 Å². The average molecular weight is 2020 g/mol. The molecule has 13 fully saturated rings. The molecule has 0 spiro atoms. The zero-order valence-electron chi connectivity index (χ0n) is 95.0. The lowest BCUT2D eigenvalue weighted by Crippen LogP contribution is -2.70. The van der Waals surface area contributed by atoms with Gasteiger partial charge < -0.3 is 39.2 Å². The van der Waals surface area contributed by atoms with Crippen LogP contribution >= 0.6 is 0 Å². The number of ether oxygens (including phenoxy) is 1. The maximum atomic E-state index is 14.7. The van der Waals surface area contributed by atoms with Gasteiger partial charge in [0.05, 0.1) is 42.7 Å². The second-order valence-corrected chi connectivity index (χ2v) is 60.7. The van der Waals surface area contributed by atoms with Gasteiger partial charge in [0.15, 0.2) is 34.7 Å². The lowest BCUT2D eigenvalue weighted by Gasteiger charge is -2.72. The van der Waals surface area contributed by atoms with Gasteiger partial charge in [0.2, 0.25) is 23.2 Å². The van der Waals surface area contributed by atoms with Crippen LogP contribution in [0.4, 0.5) is 4.79 Å². The van der Waals surface area contributed by atoms with Gasteiger partial charge in [-0.3, -0.25) is 19.2 Å². The van der Waals surface area contributed by atoms with Crippen LogP contribution in [0.3, 0.4) is 0 Å². The smallest absolute Gasteiger partial charge is 0.407 e. The second kappa shape index (κ2) is 34.1. The monoisotopic (exact) mass is 2020 g/mol. The number of aliphatic imine (C=N–C) groups is 1. The van der Waals surface area contributed by atoms with Gasteiger partial charge in [-0.25, -0.2) is 24.1 Å². The Labute approximate surface area is 883 Å². The number of amides is 1. The maximum absolute atomic E-state index is 14.7. The SMILES string of the molecule is CC1(C)CC[C@]2(O)CC[C@]3(C)[C@H](C(=O)C[C@@H]4[C@@]5(C)Cc6cnoc6C(C)(C)[C@@H]5CC[C@]43C)[C@@H]2C1.[C-]#[N+]C1=C[C@]2(C)C3=CC(=O)[C@@H]4[C@@H]5CC(C)(C)CC[C@]5(N=C=O)CC[C@@]4(C)[C@]3(C)CC[C@H]2C(C)(C)C1=O.[C-]#[N+]C1=C[C@]2(C)C3=CC(=O)[C@@H]4[C@@H]5CC(C)(C)CC[C@]5(NC(=O)OCc5ccccc5)CC[C@@]4(C)[C@]3(C)CC[C@H]2C(C)(C)C1=O.[C-]#[N+]C1=C[C@]2(C)C3=CC(=O)[C@@H]4[C@@H]5CC(C)(C)CC[C@]5(O)CC[C@@]4(C)[C@]3(C)CC[C@H]2C(C)(C)C1=O. The van der Waals surface area contributed by atoms with Gasteiger partial charge in [0.25, 0.3) is 0 Å². The molecule has 0 bridgehead atoms. The number of ketones is 7. The fourth-order valence-electron chi connectivity index (χ4n) is 41.2. The van der Waals surface area contributed by atoms with E-state index in [4.69, 9.17) is 29.0 Å². The minimum absolute atomic E-state index is 0.00465. The Bertz CT molecular complexity index is 6350. The van der Waals surface area contributed by atoms with Crippen LogP contribution in [0.5, 0.6) is 0 Å². The molecule has 0 aliphatic heterocycles. The molecule has 1 aromatic carbocycles. The van der Waals surface area contributed by atoms with Crippen LogP contribution in [0.2, 0.25) is 0 Å². The number of hydrogen-bond donors (Lipinski definition) is 3. The predicted octanol–water partition coefficient (Wildman–Crippen LogP) is 27.7. The first-order chi connectivity index (χ1) is 68.4. The van der Waals surface area contributed by atoms with E-state index in [2.05, 4.69) is 182 Å². The third kappa shape index (κ3) is 15.0. The van der Waals surface area contributed by atoms with Gasteiger partial charge in [0, 0.05) is 79.1 Å². The summed E-state index contributed by atoms with van der Waals surface area (Å²) in [5.74, 6) is 2.22. The van der Waals surface area contributed by atoms with Crippen molar-refractivity contribution in [2.24, 2.45) is 185 Å². The third-order valence-corrected chi connectivity index (χ3v) is 50.2. The van der Waals surface area contributed by atoms with Gasteiger partial charge in [-0.2, -0.15) is 4.99 Å². The fraction of sp³-hybridized carbons (Fsp3) is 0.744. The number of aliphatic hydroxyl groups is 2. The first-order valence-corrected chi connectivity index (χ1v) is 57.1. The van der Waals surface area contributed by atoms with Gasteiger partial charge in [-0.1, -0.05) is 264 Å². The number of hydrogen-bond acceptors (Lipinski definition) is 15. The van der Waals surface area contributed by atoms with E-state index in [1.807, 2.05) is 121 Å². The predicted molar refractivity (Wildman–Crippen MR) is 573 cm³/mol. The molecule has 13 saturated carbocycles. The molecule has 20 aliphatic rings. The zero-order chi connectivity index (χ0) is 108. The number of alkyl carbamates (subject to hydrolysis) is 1. The van der Waals surface area contributed by atoms with Crippen LogP contribution < -0.4 is 5.32 Å². The van der Waals surface area contributed by atoms with E-state index in [0.717, 1.165) is 201 Å². The number of nitrogens with one attached hydrogen (secondary N) is 1. The molecule has 20 aliphatic carbocycles. The number of Topliss-reactive ketones (excluding diaryl/α,β-unsaturated/α-hetero) is 4.